The molecular formula is C23H29NOSi. The average molecular weight is 364 g/mol. The van der Waals surface area contributed by atoms with E-state index in [-0.39, 0.29) is 11.4 Å². The van der Waals surface area contributed by atoms with Gasteiger partial charge in [0, 0.05) is 30.6 Å². The SMILES string of the molecule is CCN(CC)C(=O)C[C@H](C#Cc1ccccc1)[Si](C)(C)c1ccccc1. The van der Waals surface area contributed by atoms with Gasteiger partial charge in [0.15, 0.2) is 0 Å². The molecule has 0 spiro atoms. The van der Waals surface area contributed by atoms with Crippen molar-refractivity contribution in [1.82, 2.24) is 4.90 Å². The lowest BCUT2D eigenvalue weighted by molar-refractivity contribution is -0.130. The maximum atomic E-state index is 12.8. The number of amides is 1. The summed E-state index contributed by atoms with van der Waals surface area (Å²) in [6, 6.07) is 20.6. The molecule has 1 atom stereocenters. The summed E-state index contributed by atoms with van der Waals surface area (Å²) in [7, 11) is -1.92. The van der Waals surface area contributed by atoms with Crippen LogP contribution in [0.1, 0.15) is 25.8 Å². The van der Waals surface area contributed by atoms with E-state index < -0.39 is 8.07 Å². The van der Waals surface area contributed by atoms with Crippen LogP contribution in [0.5, 0.6) is 0 Å². The fourth-order valence-corrected chi connectivity index (χ4v) is 5.70. The number of nitrogens with zero attached hydrogens (tertiary/aromatic N) is 1. The highest BCUT2D eigenvalue weighted by atomic mass is 28.3. The predicted molar refractivity (Wildman–Crippen MR) is 113 cm³/mol. The Labute approximate surface area is 159 Å². The predicted octanol–water partition coefficient (Wildman–Crippen LogP) is 4.28. The third-order valence-corrected chi connectivity index (χ3v) is 8.96. The van der Waals surface area contributed by atoms with Gasteiger partial charge in [-0.1, -0.05) is 78.7 Å². The molecule has 2 aromatic rings. The largest absolute Gasteiger partial charge is 0.343 e. The van der Waals surface area contributed by atoms with Crippen LogP contribution in [0, 0.1) is 11.8 Å². The Hall–Kier alpha value is -2.31. The van der Waals surface area contributed by atoms with E-state index in [1.807, 2.05) is 55.1 Å². The molecule has 26 heavy (non-hydrogen) atoms. The molecule has 0 saturated carbocycles. The molecule has 2 aromatic carbocycles. The van der Waals surface area contributed by atoms with Crippen LogP contribution in [-0.2, 0) is 4.79 Å². The standard InChI is InChI=1S/C23H29NOSi/c1-5-24(6-2)23(25)19-22(18-17-20-13-9-7-10-14-20)26(3,4)21-15-11-8-12-16-21/h7-16,22H,5-6,19H2,1-4H3/t22-/m0/s1. The maximum Gasteiger partial charge on any atom is 0.223 e. The lowest BCUT2D eigenvalue weighted by Gasteiger charge is -2.31. The molecule has 0 aliphatic carbocycles. The first-order valence-corrected chi connectivity index (χ1v) is 12.5. The summed E-state index contributed by atoms with van der Waals surface area (Å²) in [6.07, 6.45) is 0.496. The summed E-state index contributed by atoms with van der Waals surface area (Å²) in [5.41, 5.74) is 1.09. The zero-order valence-corrected chi connectivity index (χ0v) is 17.3. The molecule has 136 valence electrons. The van der Waals surface area contributed by atoms with Crippen LogP contribution in [0.25, 0.3) is 0 Å². The summed E-state index contributed by atoms with van der Waals surface area (Å²) >= 11 is 0. The molecule has 0 saturated heterocycles. The van der Waals surface area contributed by atoms with E-state index in [0.29, 0.717) is 6.42 Å². The Morgan fingerprint density at radius 3 is 2.04 bits per heavy atom. The Kier molecular flexibility index (Phi) is 7.23. The summed E-state index contributed by atoms with van der Waals surface area (Å²) in [5, 5.41) is 1.35. The Morgan fingerprint density at radius 1 is 0.962 bits per heavy atom. The zero-order chi connectivity index (χ0) is 19.0. The molecule has 2 nitrogen and oxygen atoms in total. The van der Waals surface area contributed by atoms with E-state index in [1.165, 1.54) is 5.19 Å². The van der Waals surface area contributed by atoms with Gasteiger partial charge in [-0.2, -0.15) is 0 Å². The smallest absolute Gasteiger partial charge is 0.223 e. The quantitative estimate of drug-likeness (QED) is 0.554. The fourth-order valence-electron chi connectivity index (χ4n) is 3.13. The minimum atomic E-state index is -1.92. The number of benzene rings is 2. The van der Waals surface area contributed by atoms with Gasteiger partial charge in [-0.15, -0.1) is 0 Å². The highest BCUT2D eigenvalue weighted by Gasteiger charge is 2.34. The van der Waals surface area contributed by atoms with Gasteiger partial charge in [0.2, 0.25) is 5.91 Å². The molecule has 0 bridgehead atoms. The first-order valence-electron chi connectivity index (χ1n) is 9.38. The van der Waals surface area contributed by atoms with E-state index >= 15 is 0 Å². The van der Waals surface area contributed by atoms with Gasteiger partial charge in [0.1, 0.15) is 0 Å². The molecule has 0 fully saturated rings. The van der Waals surface area contributed by atoms with Crippen LogP contribution in [0.2, 0.25) is 18.6 Å². The van der Waals surface area contributed by atoms with E-state index in [4.69, 9.17) is 0 Å². The molecule has 0 aliphatic heterocycles. The van der Waals surface area contributed by atoms with Crippen LogP contribution in [-0.4, -0.2) is 32.0 Å². The van der Waals surface area contributed by atoms with Crippen LogP contribution in [0.3, 0.4) is 0 Å². The van der Waals surface area contributed by atoms with Crippen molar-refractivity contribution in [1.29, 1.82) is 0 Å². The number of carbonyl (C=O) groups is 1. The summed E-state index contributed by atoms with van der Waals surface area (Å²) in [6.45, 7) is 10.2. The van der Waals surface area contributed by atoms with Crippen molar-refractivity contribution in [2.45, 2.75) is 38.9 Å². The summed E-state index contributed by atoms with van der Waals surface area (Å²) in [5.74, 6) is 7.00. The zero-order valence-electron chi connectivity index (χ0n) is 16.3. The normalized spacial score (nSPS) is 12.0. The van der Waals surface area contributed by atoms with Gasteiger partial charge in [0.05, 0.1) is 8.07 Å². The second kappa shape index (κ2) is 9.40. The van der Waals surface area contributed by atoms with Gasteiger partial charge in [-0.25, -0.2) is 0 Å². The molecule has 1 amide bonds. The number of hydrogen-bond acceptors (Lipinski definition) is 1. The van der Waals surface area contributed by atoms with Crippen molar-refractivity contribution in [3.63, 3.8) is 0 Å². The van der Waals surface area contributed by atoms with Crippen molar-refractivity contribution in [2.24, 2.45) is 0 Å². The van der Waals surface area contributed by atoms with Gasteiger partial charge in [-0.3, -0.25) is 4.79 Å². The van der Waals surface area contributed by atoms with Crippen LogP contribution in [0.4, 0.5) is 0 Å². The first-order chi connectivity index (χ1) is 12.5. The van der Waals surface area contributed by atoms with E-state index in [0.717, 1.165) is 18.7 Å². The van der Waals surface area contributed by atoms with Gasteiger partial charge < -0.3 is 4.90 Å². The van der Waals surface area contributed by atoms with Gasteiger partial charge in [-0.05, 0) is 26.0 Å². The number of carbonyl (C=O) groups excluding carboxylic acids is 1. The molecule has 0 aliphatic rings. The van der Waals surface area contributed by atoms with E-state index in [9.17, 15) is 4.79 Å². The summed E-state index contributed by atoms with van der Waals surface area (Å²) < 4.78 is 0. The molecule has 3 heteroatoms. The second-order valence-electron chi connectivity index (χ2n) is 7.05. The molecule has 0 unspecified atom stereocenters. The topological polar surface area (TPSA) is 20.3 Å². The second-order valence-corrected chi connectivity index (χ2v) is 11.8. The third-order valence-electron chi connectivity index (χ3n) is 5.05. The lowest BCUT2D eigenvalue weighted by Crippen LogP contribution is -2.47. The Morgan fingerprint density at radius 2 is 1.50 bits per heavy atom. The van der Waals surface area contributed by atoms with Gasteiger partial charge >= 0.3 is 0 Å². The van der Waals surface area contributed by atoms with Gasteiger partial charge in [0.25, 0.3) is 0 Å². The molecule has 0 N–H and O–H groups in total. The third kappa shape index (κ3) is 5.09. The Balaban J connectivity index is 2.35. The molecular weight excluding hydrogens is 334 g/mol. The number of rotatable bonds is 6. The molecule has 0 heterocycles. The average Bonchev–Trinajstić information content (AvgIpc) is 2.67. The maximum absolute atomic E-state index is 12.8. The van der Waals surface area contributed by atoms with Crippen molar-refractivity contribution in [3.8, 4) is 11.8 Å². The van der Waals surface area contributed by atoms with E-state index in [1.54, 1.807) is 0 Å². The molecule has 0 radical (unpaired) electrons. The van der Waals surface area contributed by atoms with Crippen molar-refractivity contribution in [3.05, 3.63) is 66.2 Å². The Bertz CT molecular complexity index is 755. The minimum absolute atomic E-state index is 0.0817. The van der Waals surface area contributed by atoms with Crippen LogP contribution < -0.4 is 5.19 Å². The van der Waals surface area contributed by atoms with E-state index in [2.05, 4.69) is 49.2 Å². The van der Waals surface area contributed by atoms with Crippen molar-refractivity contribution < 1.29 is 4.79 Å². The molecule has 0 aromatic heterocycles. The van der Waals surface area contributed by atoms with Crippen molar-refractivity contribution >= 4 is 19.2 Å². The number of hydrogen-bond donors (Lipinski definition) is 0. The lowest BCUT2D eigenvalue weighted by atomic mass is 10.2. The monoisotopic (exact) mass is 363 g/mol. The molecule has 2 rings (SSSR count). The summed E-state index contributed by atoms with van der Waals surface area (Å²) in [4.78, 5) is 14.7. The fraction of sp³-hybridized carbons (Fsp3) is 0.348. The van der Waals surface area contributed by atoms with Crippen LogP contribution >= 0.6 is 0 Å². The first kappa shape index (κ1) is 20.0. The highest BCUT2D eigenvalue weighted by Crippen LogP contribution is 2.26. The highest BCUT2D eigenvalue weighted by molar-refractivity contribution is 6.91. The van der Waals surface area contributed by atoms with Crippen LogP contribution in [0.15, 0.2) is 60.7 Å². The van der Waals surface area contributed by atoms with Crippen molar-refractivity contribution in [2.75, 3.05) is 13.1 Å². The minimum Gasteiger partial charge on any atom is -0.343 e.